The molecule has 0 aromatic heterocycles. The van der Waals surface area contributed by atoms with Crippen molar-refractivity contribution in [2.45, 2.75) is 50.6 Å². The van der Waals surface area contributed by atoms with Crippen LogP contribution in [0, 0.1) is 0 Å². The molecule has 12 heavy (non-hydrogen) atoms. The molecule has 0 aliphatic carbocycles. The first-order valence-corrected chi connectivity index (χ1v) is 10.7. The summed E-state index contributed by atoms with van der Waals surface area (Å²) in [5.41, 5.74) is 0. The molecule has 2 atom stereocenters. The van der Waals surface area contributed by atoms with Gasteiger partial charge in [-0.25, -0.2) is 0 Å². The molecule has 0 aromatic rings. The topological polar surface area (TPSA) is 9.23 Å². The summed E-state index contributed by atoms with van der Waals surface area (Å²) in [6.07, 6.45) is 2.74. The smallest absolute Gasteiger partial charge is 0.177 e. The Hall–Kier alpha value is 0.394. The molecule has 0 amide bonds. The van der Waals surface area contributed by atoms with Crippen molar-refractivity contribution in [3.05, 3.63) is 0 Å². The molecule has 1 aliphatic heterocycles. The van der Waals surface area contributed by atoms with Gasteiger partial charge in [0.15, 0.2) is 9.04 Å². The summed E-state index contributed by atoms with van der Waals surface area (Å²) in [4.78, 5) is 0. The molecule has 1 fully saturated rings. The van der Waals surface area contributed by atoms with Crippen LogP contribution in [0.5, 0.6) is 0 Å². The van der Waals surface area contributed by atoms with E-state index in [9.17, 15) is 0 Å². The molecule has 0 N–H and O–H groups in total. The average molecular weight is 202 g/mol. The van der Waals surface area contributed by atoms with E-state index >= 15 is 0 Å². The van der Waals surface area contributed by atoms with Crippen LogP contribution in [-0.4, -0.2) is 23.7 Å². The minimum atomic E-state index is -0.911. The lowest BCUT2D eigenvalue weighted by Gasteiger charge is -2.33. The Balaban J connectivity index is 2.45. The van der Waals surface area contributed by atoms with Crippen LogP contribution in [0.2, 0.25) is 30.8 Å². The summed E-state index contributed by atoms with van der Waals surface area (Å²) in [5, 5.41) is 0.956. The quantitative estimate of drug-likeness (QED) is 0.626. The molecule has 0 radical (unpaired) electrons. The van der Waals surface area contributed by atoms with Crippen LogP contribution in [0.15, 0.2) is 0 Å². The van der Waals surface area contributed by atoms with Gasteiger partial charge in [0.05, 0.1) is 0 Å². The minimum absolute atomic E-state index is 0.784. The number of rotatable bonds is 2. The second-order valence-corrected chi connectivity index (χ2v) is 14.4. The van der Waals surface area contributed by atoms with Crippen LogP contribution in [0.1, 0.15) is 19.8 Å². The van der Waals surface area contributed by atoms with Gasteiger partial charge in [0.2, 0.25) is 0 Å². The van der Waals surface area contributed by atoms with Crippen LogP contribution >= 0.6 is 0 Å². The first-order valence-electron chi connectivity index (χ1n) is 5.13. The summed E-state index contributed by atoms with van der Waals surface area (Å²) in [7, 11) is -1.69. The second-order valence-electron chi connectivity index (χ2n) is 5.06. The zero-order valence-electron chi connectivity index (χ0n) is 8.89. The van der Waals surface area contributed by atoms with Crippen LogP contribution in [0.25, 0.3) is 0 Å². The molecule has 1 heterocycles. The summed E-state index contributed by atoms with van der Waals surface area (Å²) in [6, 6.07) is 1.44. The maximum Gasteiger partial charge on any atom is 0.177 e. The number of hydrogen-bond acceptors (Lipinski definition) is 1. The average Bonchev–Trinajstić information content (AvgIpc) is 2.03. The largest absolute Gasteiger partial charge is 0.420 e. The molecule has 0 spiro atoms. The maximum atomic E-state index is 5.94. The predicted molar refractivity (Wildman–Crippen MR) is 59.9 cm³/mol. The molecular weight excluding hydrogens is 180 g/mol. The van der Waals surface area contributed by atoms with E-state index in [1.807, 2.05) is 0 Å². The van der Waals surface area contributed by atoms with Crippen molar-refractivity contribution >= 4 is 17.1 Å². The van der Waals surface area contributed by atoms with Gasteiger partial charge in [0.1, 0.15) is 0 Å². The van der Waals surface area contributed by atoms with Crippen LogP contribution < -0.4 is 0 Å². The highest BCUT2D eigenvalue weighted by molar-refractivity contribution is 6.88. The fourth-order valence-corrected chi connectivity index (χ4v) is 9.08. The van der Waals surface area contributed by atoms with E-state index in [4.69, 9.17) is 4.43 Å². The molecule has 1 aliphatic rings. The van der Waals surface area contributed by atoms with E-state index in [0.717, 1.165) is 11.8 Å². The second kappa shape index (κ2) is 4.07. The van der Waals surface area contributed by atoms with E-state index in [-0.39, 0.29) is 0 Å². The standard InChI is InChI=1S/C9H22OSi2/c1-9(12(2,3)4)11-8-6-5-7-10-11/h9,11H,5-8H2,1-4H3. The zero-order valence-corrected chi connectivity index (χ0v) is 11.0. The minimum Gasteiger partial charge on any atom is -0.420 e. The normalized spacial score (nSPS) is 28.5. The van der Waals surface area contributed by atoms with E-state index < -0.39 is 17.1 Å². The van der Waals surface area contributed by atoms with Crippen molar-refractivity contribution in [2.24, 2.45) is 0 Å². The lowest BCUT2D eigenvalue weighted by atomic mass is 10.4. The van der Waals surface area contributed by atoms with E-state index in [2.05, 4.69) is 26.6 Å². The van der Waals surface area contributed by atoms with Crippen LogP contribution in [0.3, 0.4) is 0 Å². The van der Waals surface area contributed by atoms with Crippen LogP contribution in [-0.2, 0) is 4.43 Å². The van der Waals surface area contributed by atoms with Gasteiger partial charge in [-0.05, 0) is 17.6 Å². The Morgan fingerprint density at radius 1 is 1.25 bits per heavy atom. The highest BCUT2D eigenvalue weighted by Gasteiger charge is 2.32. The molecule has 0 saturated carbocycles. The fraction of sp³-hybridized carbons (Fsp3) is 1.00. The molecule has 1 nitrogen and oxygen atoms in total. The zero-order chi connectivity index (χ0) is 9.19. The van der Waals surface area contributed by atoms with Gasteiger partial charge in [0.25, 0.3) is 0 Å². The van der Waals surface area contributed by atoms with Crippen molar-refractivity contribution < 1.29 is 4.43 Å². The van der Waals surface area contributed by atoms with Crippen molar-refractivity contribution in [1.29, 1.82) is 0 Å². The van der Waals surface area contributed by atoms with Crippen molar-refractivity contribution in [1.82, 2.24) is 0 Å². The van der Waals surface area contributed by atoms with Crippen LogP contribution in [0.4, 0.5) is 0 Å². The molecule has 3 heteroatoms. The Labute approximate surface area is 79.2 Å². The number of hydrogen-bond donors (Lipinski definition) is 0. The van der Waals surface area contributed by atoms with Gasteiger partial charge in [-0.15, -0.1) is 0 Å². The van der Waals surface area contributed by atoms with E-state index in [1.54, 1.807) is 0 Å². The van der Waals surface area contributed by atoms with Gasteiger partial charge in [-0.2, -0.15) is 0 Å². The monoisotopic (exact) mass is 202 g/mol. The summed E-state index contributed by atoms with van der Waals surface area (Å²) < 4.78 is 5.94. The Bertz CT molecular complexity index is 136. The summed E-state index contributed by atoms with van der Waals surface area (Å²) in [6.45, 7) is 10.9. The SMILES string of the molecule is CC([SiH]1CCCCO1)[Si](C)(C)C. The summed E-state index contributed by atoms with van der Waals surface area (Å²) in [5.74, 6) is 0. The maximum absolute atomic E-state index is 5.94. The first kappa shape index (κ1) is 10.5. The first-order chi connectivity index (χ1) is 5.52. The van der Waals surface area contributed by atoms with Gasteiger partial charge < -0.3 is 4.43 Å². The molecule has 1 saturated heterocycles. The highest BCUT2D eigenvalue weighted by Crippen LogP contribution is 2.29. The molecule has 1 rings (SSSR count). The third kappa shape index (κ3) is 2.71. The van der Waals surface area contributed by atoms with Gasteiger partial charge in [-0.3, -0.25) is 0 Å². The summed E-state index contributed by atoms with van der Waals surface area (Å²) >= 11 is 0. The lowest BCUT2D eigenvalue weighted by Crippen LogP contribution is -2.40. The third-order valence-corrected chi connectivity index (χ3v) is 12.7. The molecule has 0 aromatic carbocycles. The van der Waals surface area contributed by atoms with E-state index in [0.29, 0.717) is 0 Å². The fourth-order valence-electron chi connectivity index (χ4n) is 1.72. The molecule has 2 unspecified atom stereocenters. The predicted octanol–water partition coefficient (Wildman–Crippen LogP) is 2.79. The molecule has 0 bridgehead atoms. The Morgan fingerprint density at radius 2 is 1.92 bits per heavy atom. The van der Waals surface area contributed by atoms with Crippen molar-refractivity contribution in [2.75, 3.05) is 6.61 Å². The Morgan fingerprint density at radius 3 is 2.33 bits per heavy atom. The van der Waals surface area contributed by atoms with Crippen molar-refractivity contribution in [3.63, 3.8) is 0 Å². The van der Waals surface area contributed by atoms with Gasteiger partial charge in [0, 0.05) is 14.7 Å². The van der Waals surface area contributed by atoms with E-state index in [1.165, 1.54) is 18.9 Å². The third-order valence-electron chi connectivity index (χ3n) is 3.14. The molecular formula is C9H22OSi2. The highest BCUT2D eigenvalue weighted by atomic mass is 28.4. The van der Waals surface area contributed by atoms with Crippen molar-refractivity contribution in [3.8, 4) is 0 Å². The Kier molecular flexibility index (Phi) is 3.55. The van der Waals surface area contributed by atoms with Gasteiger partial charge >= 0.3 is 0 Å². The molecule has 72 valence electrons. The lowest BCUT2D eigenvalue weighted by molar-refractivity contribution is 0.285. The van der Waals surface area contributed by atoms with Gasteiger partial charge in [-0.1, -0.05) is 33.0 Å².